The van der Waals surface area contributed by atoms with Gasteiger partial charge in [0, 0.05) is 38.8 Å². The fraction of sp³-hybridized carbons (Fsp3) is 0.882. The van der Waals surface area contributed by atoms with Crippen molar-refractivity contribution in [3.8, 4) is 0 Å². The highest BCUT2D eigenvalue weighted by Crippen LogP contribution is 2.25. The van der Waals surface area contributed by atoms with Gasteiger partial charge in [-0.1, -0.05) is 0 Å². The molecule has 3 aliphatic rings. The Balaban J connectivity index is 1.50. The number of likely N-dealkylation sites (tertiary alicyclic amines) is 2. The SMILES string of the molecule is COC(=O)N1CCC(N2CCCC(C(=O)N3CCOCC3)C2)CC1. The number of amides is 2. The Morgan fingerprint density at radius 2 is 1.67 bits per heavy atom. The van der Waals surface area contributed by atoms with Gasteiger partial charge in [-0.05, 0) is 32.2 Å². The van der Waals surface area contributed by atoms with Gasteiger partial charge in [0.05, 0.1) is 26.2 Å². The molecule has 0 aromatic heterocycles. The zero-order chi connectivity index (χ0) is 16.9. The molecule has 3 rings (SSSR count). The molecule has 0 spiro atoms. The van der Waals surface area contributed by atoms with Crippen molar-refractivity contribution in [3.63, 3.8) is 0 Å². The molecule has 1 unspecified atom stereocenters. The van der Waals surface area contributed by atoms with E-state index in [1.54, 1.807) is 4.90 Å². The minimum atomic E-state index is -0.229. The van der Waals surface area contributed by atoms with Gasteiger partial charge < -0.3 is 19.3 Å². The van der Waals surface area contributed by atoms with E-state index in [0.717, 1.165) is 65.0 Å². The number of rotatable bonds is 2. The lowest BCUT2D eigenvalue weighted by Crippen LogP contribution is -2.53. The van der Waals surface area contributed by atoms with Crippen molar-refractivity contribution < 1.29 is 19.1 Å². The summed E-state index contributed by atoms with van der Waals surface area (Å²) in [6.45, 7) is 6.20. The van der Waals surface area contributed by atoms with Gasteiger partial charge in [-0.15, -0.1) is 0 Å². The van der Waals surface area contributed by atoms with E-state index in [1.165, 1.54) is 7.11 Å². The third-order valence-corrected chi connectivity index (χ3v) is 5.54. The lowest BCUT2D eigenvalue weighted by Gasteiger charge is -2.42. The highest BCUT2D eigenvalue weighted by molar-refractivity contribution is 5.79. The van der Waals surface area contributed by atoms with Crippen LogP contribution in [-0.4, -0.2) is 92.3 Å². The lowest BCUT2D eigenvalue weighted by atomic mass is 9.93. The van der Waals surface area contributed by atoms with Crippen LogP contribution in [0.5, 0.6) is 0 Å². The van der Waals surface area contributed by atoms with E-state index >= 15 is 0 Å². The van der Waals surface area contributed by atoms with Gasteiger partial charge in [0.25, 0.3) is 0 Å². The third kappa shape index (κ3) is 4.00. The molecular formula is C17H29N3O4. The first-order valence-electron chi connectivity index (χ1n) is 9.12. The van der Waals surface area contributed by atoms with E-state index in [1.807, 2.05) is 4.90 Å². The summed E-state index contributed by atoms with van der Waals surface area (Å²) in [7, 11) is 1.43. The summed E-state index contributed by atoms with van der Waals surface area (Å²) in [4.78, 5) is 30.5. The molecule has 0 radical (unpaired) electrons. The maximum atomic E-state index is 12.7. The zero-order valence-electron chi connectivity index (χ0n) is 14.6. The van der Waals surface area contributed by atoms with E-state index in [0.29, 0.717) is 25.2 Å². The van der Waals surface area contributed by atoms with Crippen LogP contribution in [0.15, 0.2) is 0 Å². The molecule has 24 heavy (non-hydrogen) atoms. The highest BCUT2D eigenvalue weighted by atomic mass is 16.5. The van der Waals surface area contributed by atoms with Crippen LogP contribution in [0.1, 0.15) is 25.7 Å². The molecule has 0 bridgehead atoms. The maximum absolute atomic E-state index is 12.7. The van der Waals surface area contributed by atoms with Crippen molar-refractivity contribution in [2.45, 2.75) is 31.7 Å². The quantitative estimate of drug-likeness (QED) is 0.744. The maximum Gasteiger partial charge on any atom is 0.409 e. The molecule has 0 saturated carbocycles. The first kappa shape index (κ1) is 17.5. The Bertz CT molecular complexity index is 445. The van der Waals surface area contributed by atoms with Crippen LogP contribution in [-0.2, 0) is 14.3 Å². The second-order valence-corrected chi connectivity index (χ2v) is 6.96. The Morgan fingerprint density at radius 1 is 0.958 bits per heavy atom. The largest absolute Gasteiger partial charge is 0.453 e. The summed E-state index contributed by atoms with van der Waals surface area (Å²) in [5.41, 5.74) is 0. The van der Waals surface area contributed by atoms with E-state index in [2.05, 4.69) is 4.90 Å². The molecule has 1 atom stereocenters. The van der Waals surface area contributed by atoms with E-state index in [4.69, 9.17) is 9.47 Å². The average Bonchev–Trinajstić information content (AvgIpc) is 2.67. The van der Waals surface area contributed by atoms with Gasteiger partial charge in [0.1, 0.15) is 0 Å². The molecule has 0 aliphatic carbocycles. The molecule has 0 aromatic carbocycles. The van der Waals surface area contributed by atoms with Gasteiger partial charge in [-0.2, -0.15) is 0 Å². The molecule has 3 aliphatic heterocycles. The van der Waals surface area contributed by atoms with Crippen molar-refractivity contribution in [2.75, 3.05) is 59.6 Å². The van der Waals surface area contributed by atoms with Crippen LogP contribution in [0, 0.1) is 5.92 Å². The molecule has 7 heteroatoms. The molecule has 136 valence electrons. The summed E-state index contributed by atoms with van der Waals surface area (Å²) in [5, 5.41) is 0. The molecule has 0 aromatic rings. The average molecular weight is 339 g/mol. The standard InChI is InChI=1S/C17H29N3O4/c1-23-17(22)19-7-4-15(5-8-19)20-6-2-3-14(13-20)16(21)18-9-11-24-12-10-18/h14-15H,2-13H2,1H3. The summed E-state index contributed by atoms with van der Waals surface area (Å²) in [5.74, 6) is 0.422. The molecule has 3 fully saturated rings. The number of piperidine rings is 2. The first-order valence-corrected chi connectivity index (χ1v) is 9.12. The van der Waals surface area contributed by atoms with Gasteiger partial charge in [0.2, 0.25) is 5.91 Å². The molecule has 3 saturated heterocycles. The van der Waals surface area contributed by atoms with Crippen LogP contribution in [0.3, 0.4) is 0 Å². The van der Waals surface area contributed by atoms with Crippen LogP contribution in [0.2, 0.25) is 0 Å². The van der Waals surface area contributed by atoms with Crippen molar-refractivity contribution >= 4 is 12.0 Å². The Kier molecular flexibility index (Phi) is 5.94. The normalized spacial score (nSPS) is 27.1. The number of hydrogen-bond acceptors (Lipinski definition) is 5. The topological polar surface area (TPSA) is 62.3 Å². The van der Waals surface area contributed by atoms with E-state index in [9.17, 15) is 9.59 Å². The molecular weight excluding hydrogens is 310 g/mol. The molecule has 7 nitrogen and oxygen atoms in total. The minimum Gasteiger partial charge on any atom is -0.453 e. The van der Waals surface area contributed by atoms with Crippen LogP contribution < -0.4 is 0 Å². The summed E-state index contributed by atoms with van der Waals surface area (Å²) in [6, 6.07) is 0.478. The van der Waals surface area contributed by atoms with E-state index < -0.39 is 0 Å². The van der Waals surface area contributed by atoms with Crippen molar-refractivity contribution in [1.82, 2.24) is 14.7 Å². The Hall–Kier alpha value is -1.34. The Morgan fingerprint density at radius 3 is 2.33 bits per heavy atom. The number of nitrogens with zero attached hydrogens (tertiary/aromatic N) is 3. The summed E-state index contributed by atoms with van der Waals surface area (Å²) < 4.78 is 10.1. The number of ether oxygens (including phenoxy) is 2. The minimum absolute atomic E-state index is 0.121. The number of hydrogen-bond donors (Lipinski definition) is 0. The van der Waals surface area contributed by atoms with Gasteiger partial charge in [-0.25, -0.2) is 4.79 Å². The van der Waals surface area contributed by atoms with Gasteiger partial charge in [-0.3, -0.25) is 9.69 Å². The van der Waals surface area contributed by atoms with Crippen LogP contribution >= 0.6 is 0 Å². The van der Waals surface area contributed by atoms with Crippen molar-refractivity contribution in [2.24, 2.45) is 5.92 Å². The van der Waals surface area contributed by atoms with Crippen LogP contribution in [0.25, 0.3) is 0 Å². The van der Waals surface area contributed by atoms with E-state index in [-0.39, 0.29) is 12.0 Å². The monoisotopic (exact) mass is 339 g/mol. The molecule has 2 amide bonds. The second kappa shape index (κ2) is 8.16. The fourth-order valence-electron chi connectivity index (χ4n) is 4.12. The summed E-state index contributed by atoms with van der Waals surface area (Å²) in [6.07, 6.45) is 3.78. The van der Waals surface area contributed by atoms with Crippen LogP contribution in [0.4, 0.5) is 4.79 Å². The number of morpholine rings is 1. The predicted molar refractivity (Wildman–Crippen MR) is 88.7 cm³/mol. The molecule has 0 N–H and O–H groups in total. The predicted octanol–water partition coefficient (Wildman–Crippen LogP) is 0.788. The van der Waals surface area contributed by atoms with Gasteiger partial charge >= 0.3 is 6.09 Å². The van der Waals surface area contributed by atoms with Gasteiger partial charge in [0.15, 0.2) is 0 Å². The van der Waals surface area contributed by atoms with Crippen molar-refractivity contribution in [1.29, 1.82) is 0 Å². The Labute approximate surface area is 143 Å². The zero-order valence-corrected chi connectivity index (χ0v) is 14.6. The smallest absolute Gasteiger partial charge is 0.409 e. The first-order chi connectivity index (χ1) is 11.7. The second-order valence-electron chi connectivity index (χ2n) is 6.96. The fourth-order valence-corrected chi connectivity index (χ4v) is 4.12. The number of methoxy groups -OCH3 is 1. The highest BCUT2D eigenvalue weighted by Gasteiger charge is 2.34. The molecule has 3 heterocycles. The number of carbonyl (C=O) groups excluding carboxylic acids is 2. The van der Waals surface area contributed by atoms with Crippen molar-refractivity contribution in [3.05, 3.63) is 0 Å². The lowest BCUT2D eigenvalue weighted by molar-refractivity contribution is -0.141. The summed E-state index contributed by atoms with van der Waals surface area (Å²) >= 11 is 0. The third-order valence-electron chi connectivity index (χ3n) is 5.54. The number of carbonyl (C=O) groups is 2.